The molecule has 6 heteroatoms. The maximum atomic E-state index is 12.0. The second-order valence-electron chi connectivity index (χ2n) is 4.19. The van der Waals surface area contributed by atoms with E-state index >= 15 is 0 Å². The minimum Gasteiger partial charge on any atom is -0.317 e. The van der Waals surface area contributed by atoms with Crippen LogP contribution in [0, 0.1) is 0 Å². The molecule has 2 heterocycles. The molecule has 0 spiro atoms. The quantitative estimate of drug-likeness (QED) is 0.736. The Morgan fingerprint density at radius 2 is 1.94 bits per heavy atom. The molecular formula is C10H10BrClN2O2. The van der Waals surface area contributed by atoms with E-state index in [1.165, 1.54) is 15.5 Å². The zero-order chi connectivity index (χ0) is 12.2. The van der Waals surface area contributed by atoms with Gasteiger partial charge in [-0.25, -0.2) is 0 Å². The fourth-order valence-corrected chi connectivity index (χ4v) is 2.65. The van der Waals surface area contributed by atoms with Crippen molar-refractivity contribution >= 4 is 33.4 Å². The Hall–Kier alpha value is -0.810. The maximum absolute atomic E-state index is 12.0. The molecule has 1 amide bonds. The van der Waals surface area contributed by atoms with Crippen molar-refractivity contribution in [3.05, 3.63) is 31.6 Å². The van der Waals surface area contributed by atoms with E-state index in [9.17, 15) is 9.59 Å². The Morgan fingerprint density at radius 3 is 2.50 bits per heavy atom. The average Bonchev–Trinajstić information content (AvgIpc) is 2.36. The van der Waals surface area contributed by atoms with Gasteiger partial charge in [-0.1, -0.05) is 11.6 Å². The number of hydrogen-bond acceptors (Lipinski definition) is 2. The van der Waals surface area contributed by atoms with E-state index in [0.29, 0.717) is 4.47 Å². The zero-order valence-corrected chi connectivity index (χ0v) is 11.4. The Balaban J connectivity index is 2.93. The molecule has 0 radical (unpaired) electrons. The van der Waals surface area contributed by atoms with Crippen LogP contribution in [0.2, 0.25) is 5.02 Å². The predicted octanol–water partition coefficient (Wildman–Crippen LogP) is 2.04. The lowest BCUT2D eigenvalue weighted by Crippen LogP contribution is -2.43. The Morgan fingerprint density at radius 1 is 1.38 bits per heavy atom. The Kier molecular flexibility index (Phi) is 2.44. The number of hydrogen-bond donors (Lipinski definition) is 0. The van der Waals surface area contributed by atoms with Crippen LogP contribution in [0.4, 0.5) is 0 Å². The van der Waals surface area contributed by atoms with Crippen LogP contribution in [0.1, 0.15) is 24.3 Å². The molecule has 0 aromatic carbocycles. The number of nitrogens with zero attached hydrogens (tertiary/aromatic N) is 2. The lowest BCUT2D eigenvalue weighted by molar-refractivity contribution is 0.0607. The summed E-state index contributed by atoms with van der Waals surface area (Å²) in [6.45, 7) is 3.59. The fraction of sp³-hybridized carbons (Fsp3) is 0.400. The van der Waals surface area contributed by atoms with Crippen LogP contribution in [-0.2, 0) is 5.66 Å². The molecule has 4 nitrogen and oxygen atoms in total. The second-order valence-corrected chi connectivity index (χ2v) is 5.45. The lowest BCUT2D eigenvalue weighted by Gasteiger charge is -2.29. The van der Waals surface area contributed by atoms with Crippen molar-refractivity contribution in [2.45, 2.75) is 19.5 Å². The summed E-state index contributed by atoms with van der Waals surface area (Å²) in [5, 5.41) is 0.286. The minimum atomic E-state index is -0.698. The van der Waals surface area contributed by atoms with Gasteiger partial charge in [0.2, 0.25) is 0 Å². The van der Waals surface area contributed by atoms with E-state index in [1.54, 1.807) is 20.9 Å². The Labute approximate surface area is 106 Å². The van der Waals surface area contributed by atoms with Gasteiger partial charge in [-0.15, -0.1) is 0 Å². The summed E-state index contributed by atoms with van der Waals surface area (Å²) in [6, 6.07) is 1.46. The highest BCUT2D eigenvalue weighted by Gasteiger charge is 2.42. The van der Waals surface area contributed by atoms with Gasteiger partial charge < -0.3 is 4.90 Å². The van der Waals surface area contributed by atoms with Crippen LogP contribution >= 0.6 is 27.5 Å². The zero-order valence-electron chi connectivity index (χ0n) is 9.04. The van der Waals surface area contributed by atoms with Crippen molar-refractivity contribution in [3.63, 3.8) is 0 Å². The van der Waals surface area contributed by atoms with E-state index in [1.807, 2.05) is 0 Å². The van der Waals surface area contributed by atoms with Gasteiger partial charge in [0, 0.05) is 7.05 Å². The van der Waals surface area contributed by atoms with Gasteiger partial charge in [0.05, 0.1) is 9.50 Å². The number of aromatic nitrogens is 1. The summed E-state index contributed by atoms with van der Waals surface area (Å²) in [6.07, 6.45) is 0. The summed E-state index contributed by atoms with van der Waals surface area (Å²) in [7, 11) is 1.65. The standard InChI is InChI=1S/C10H10BrClN2O2/c1-10(2)13(3)9(16)7-6(12)4-5(11)8(15)14(7)10/h4H,1-3H3. The summed E-state index contributed by atoms with van der Waals surface area (Å²) in [5.74, 6) is -0.236. The molecule has 0 saturated carbocycles. The molecule has 1 aromatic heterocycles. The fourth-order valence-electron chi connectivity index (χ4n) is 1.83. The third kappa shape index (κ3) is 1.28. The molecule has 0 aliphatic carbocycles. The molecule has 1 aliphatic heterocycles. The van der Waals surface area contributed by atoms with Gasteiger partial charge in [-0.2, -0.15) is 0 Å². The molecule has 1 aliphatic rings. The van der Waals surface area contributed by atoms with Crippen LogP contribution in [0.5, 0.6) is 0 Å². The smallest absolute Gasteiger partial charge is 0.273 e. The van der Waals surface area contributed by atoms with Crippen LogP contribution < -0.4 is 5.56 Å². The van der Waals surface area contributed by atoms with Gasteiger partial charge >= 0.3 is 0 Å². The van der Waals surface area contributed by atoms with E-state index < -0.39 is 5.66 Å². The largest absolute Gasteiger partial charge is 0.317 e. The minimum absolute atomic E-state index is 0.236. The molecule has 2 rings (SSSR count). The van der Waals surface area contributed by atoms with Crippen LogP contribution in [0.15, 0.2) is 15.3 Å². The first kappa shape index (κ1) is 11.7. The molecule has 0 bridgehead atoms. The van der Waals surface area contributed by atoms with E-state index in [4.69, 9.17) is 11.6 Å². The van der Waals surface area contributed by atoms with Crippen molar-refractivity contribution in [3.8, 4) is 0 Å². The number of fused-ring (bicyclic) bond motifs is 1. The van der Waals surface area contributed by atoms with Crippen LogP contribution in [0.25, 0.3) is 0 Å². The molecule has 1 aromatic rings. The van der Waals surface area contributed by atoms with Gasteiger partial charge in [0.25, 0.3) is 11.5 Å². The summed E-state index contributed by atoms with van der Waals surface area (Å²) >= 11 is 9.14. The SMILES string of the molecule is CN1C(=O)c2c(Cl)cc(Br)c(=O)n2C1(C)C. The highest BCUT2D eigenvalue weighted by molar-refractivity contribution is 9.10. The monoisotopic (exact) mass is 304 g/mol. The number of carbonyl (C=O) groups excluding carboxylic acids is 1. The third-order valence-electron chi connectivity index (χ3n) is 2.99. The molecule has 0 atom stereocenters. The number of rotatable bonds is 0. The third-order valence-corrected chi connectivity index (χ3v) is 3.84. The average molecular weight is 306 g/mol. The van der Waals surface area contributed by atoms with E-state index in [-0.39, 0.29) is 22.2 Å². The molecule has 16 heavy (non-hydrogen) atoms. The van der Waals surface area contributed by atoms with E-state index in [2.05, 4.69) is 15.9 Å². The van der Waals surface area contributed by atoms with Crippen molar-refractivity contribution in [2.75, 3.05) is 7.05 Å². The molecule has 0 saturated heterocycles. The number of pyridine rings is 1. The first-order chi connectivity index (χ1) is 7.28. The molecular weight excluding hydrogens is 295 g/mol. The van der Waals surface area contributed by atoms with Crippen LogP contribution in [0.3, 0.4) is 0 Å². The molecule has 86 valence electrons. The van der Waals surface area contributed by atoms with Gasteiger partial charge in [0.1, 0.15) is 11.4 Å². The lowest BCUT2D eigenvalue weighted by atomic mass is 10.2. The summed E-state index contributed by atoms with van der Waals surface area (Å²) < 4.78 is 1.78. The van der Waals surface area contributed by atoms with Gasteiger partial charge in [0.15, 0.2) is 0 Å². The first-order valence-corrected chi connectivity index (χ1v) is 5.85. The maximum Gasteiger partial charge on any atom is 0.273 e. The number of halogens is 2. The summed E-state index contributed by atoms with van der Waals surface area (Å²) in [4.78, 5) is 25.5. The Bertz CT molecular complexity index is 550. The highest BCUT2D eigenvalue weighted by Crippen LogP contribution is 2.33. The second kappa shape index (κ2) is 3.34. The first-order valence-electron chi connectivity index (χ1n) is 4.68. The summed E-state index contributed by atoms with van der Waals surface area (Å²) in [5.41, 5.74) is -0.693. The van der Waals surface area contributed by atoms with Crippen molar-refractivity contribution < 1.29 is 4.79 Å². The predicted molar refractivity (Wildman–Crippen MR) is 64.8 cm³/mol. The molecule has 0 N–H and O–H groups in total. The van der Waals surface area contributed by atoms with E-state index in [0.717, 1.165) is 0 Å². The van der Waals surface area contributed by atoms with Crippen molar-refractivity contribution in [1.82, 2.24) is 9.47 Å². The van der Waals surface area contributed by atoms with Crippen LogP contribution in [-0.4, -0.2) is 22.4 Å². The normalized spacial score (nSPS) is 17.8. The number of carbonyl (C=O) groups is 1. The molecule has 0 fully saturated rings. The van der Waals surface area contributed by atoms with Crippen molar-refractivity contribution in [2.24, 2.45) is 0 Å². The highest BCUT2D eigenvalue weighted by atomic mass is 79.9. The van der Waals surface area contributed by atoms with Gasteiger partial charge in [-0.05, 0) is 35.8 Å². The number of amides is 1. The van der Waals surface area contributed by atoms with Crippen molar-refractivity contribution in [1.29, 1.82) is 0 Å². The molecule has 0 unspecified atom stereocenters. The topological polar surface area (TPSA) is 42.3 Å². The van der Waals surface area contributed by atoms with Gasteiger partial charge in [-0.3, -0.25) is 14.2 Å².